The Labute approximate surface area is 153 Å². The average Bonchev–Trinajstić information content (AvgIpc) is 3.10. The number of methoxy groups -OCH3 is 2. The molecule has 1 N–H and O–H groups in total. The fraction of sp³-hybridized carbons (Fsp3) is 0.158. The zero-order valence-electron chi connectivity index (χ0n) is 14.5. The Bertz CT molecular complexity index is 980. The molecule has 0 bridgehead atoms. The highest BCUT2D eigenvalue weighted by Gasteiger charge is 2.18. The minimum absolute atomic E-state index is 0.0581. The molecule has 0 aliphatic rings. The lowest BCUT2D eigenvalue weighted by atomic mass is 10.1. The molecule has 0 saturated heterocycles. The van der Waals surface area contributed by atoms with Crippen molar-refractivity contribution in [3.63, 3.8) is 0 Å². The lowest BCUT2D eigenvalue weighted by Gasteiger charge is -2.14. The molecule has 2 aromatic carbocycles. The van der Waals surface area contributed by atoms with E-state index in [1.807, 2.05) is 24.3 Å². The van der Waals surface area contributed by atoms with Crippen LogP contribution in [0.1, 0.15) is 11.4 Å². The highest BCUT2D eigenvalue weighted by Crippen LogP contribution is 2.40. The molecule has 1 heterocycles. The van der Waals surface area contributed by atoms with Gasteiger partial charge in [-0.15, -0.1) is 0 Å². The van der Waals surface area contributed by atoms with Crippen LogP contribution >= 0.6 is 0 Å². The number of allylic oxidation sites excluding steroid dienone is 1. The third-order valence-electron chi connectivity index (χ3n) is 3.77. The number of nitrogens with zero attached hydrogens (tertiary/aromatic N) is 2. The van der Waals surface area contributed by atoms with Gasteiger partial charge in [-0.3, -0.25) is 0 Å². The summed E-state index contributed by atoms with van der Waals surface area (Å²) in [5.41, 5.74) is 2.29. The van der Waals surface area contributed by atoms with E-state index < -0.39 is 6.61 Å². The first-order valence-corrected chi connectivity index (χ1v) is 7.83. The van der Waals surface area contributed by atoms with Gasteiger partial charge in [-0.2, -0.15) is 14.0 Å². The Morgan fingerprint density at radius 1 is 1.19 bits per heavy atom. The van der Waals surface area contributed by atoms with Crippen molar-refractivity contribution < 1.29 is 23.0 Å². The van der Waals surface area contributed by atoms with E-state index >= 15 is 0 Å². The molecule has 0 fully saturated rings. The van der Waals surface area contributed by atoms with Crippen LogP contribution in [0.2, 0.25) is 0 Å². The van der Waals surface area contributed by atoms with Crippen molar-refractivity contribution in [1.82, 2.24) is 9.97 Å². The quantitative estimate of drug-likeness (QED) is 0.656. The summed E-state index contributed by atoms with van der Waals surface area (Å²) >= 11 is 0. The molecule has 8 heteroatoms. The van der Waals surface area contributed by atoms with Crippen LogP contribution in [0.3, 0.4) is 0 Å². The number of halogens is 2. The number of hydrogen-bond acceptors (Lipinski definition) is 5. The van der Waals surface area contributed by atoms with E-state index in [1.165, 1.54) is 26.4 Å². The minimum atomic E-state index is -3.03. The maximum absolute atomic E-state index is 12.6. The second kappa shape index (κ2) is 7.74. The normalized spacial score (nSPS) is 11.5. The van der Waals surface area contributed by atoms with Crippen molar-refractivity contribution in [2.24, 2.45) is 0 Å². The SMILES string of the molecule is COc1cc(C=C(C#N)c2nc3ccccc3[nH]2)cc(OC)c1OC(F)F. The Hall–Kier alpha value is -3.60. The second-order valence-corrected chi connectivity index (χ2v) is 5.41. The molecule has 0 spiro atoms. The van der Waals surface area contributed by atoms with Crippen molar-refractivity contribution >= 4 is 22.7 Å². The predicted molar refractivity (Wildman–Crippen MR) is 95.8 cm³/mol. The van der Waals surface area contributed by atoms with Crippen molar-refractivity contribution in [3.05, 3.63) is 47.8 Å². The van der Waals surface area contributed by atoms with Crippen LogP contribution in [-0.4, -0.2) is 30.8 Å². The van der Waals surface area contributed by atoms with Gasteiger partial charge in [0.05, 0.1) is 30.8 Å². The van der Waals surface area contributed by atoms with Gasteiger partial charge in [-0.05, 0) is 35.9 Å². The maximum atomic E-state index is 12.6. The molecule has 0 saturated carbocycles. The van der Waals surface area contributed by atoms with Crippen molar-refractivity contribution in [1.29, 1.82) is 5.26 Å². The first-order valence-electron chi connectivity index (χ1n) is 7.83. The molecule has 0 aliphatic heterocycles. The fourth-order valence-corrected chi connectivity index (χ4v) is 2.59. The Morgan fingerprint density at radius 3 is 2.41 bits per heavy atom. The number of benzene rings is 2. The van der Waals surface area contributed by atoms with Crippen LogP contribution in [0.25, 0.3) is 22.7 Å². The second-order valence-electron chi connectivity index (χ2n) is 5.41. The molecule has 3 aromatic rings. The number of nitriles is 1. The van der Waals surface area contributed by atoms with E-state index in [9.17, 15) is 14.0 Å². The number of fused-ring (bicyclic) bond motifs is 1. The third-order valence-corrected chi connectivity index (χ3v) is 3.77. The first kappa shape index (κ1) is 18.2. The van der Waals surface area contributed by atoms with E-state index in [4.69, 9.17) is 9.47 Å². The molecule has 3 rings (SSSR count). The molecule has 138 valence electrons. The van der Waals surface area contributed by atoms with E-state index in [2.05, 4.69) is 20.8 Å². The van der Waals surface area contributed by atoms with Gasteiger partial charge in [-0.25, -0.2) is 4.98 Å². The number of aromatic amines is 1. The summed E-state index contributed by atoms with van der Waals surface area (Å²) < 4.78 is 40.0. The summed E-state index contributed by atoms with van der Waals surface area (Å²) in [5.74, 6) is 0.296. The number of nitrogens with one attached hydrogen (secondary N) is 1. The van der Waals surface area contributed by atoms with Crippen LogP contribution in [0.5, 0.6) is 17.2 Å². The largest absolute Gasteiger partial charge is 0.493 e. The number of rotatable bonds is 6. The number of H-pyrrole nitrogens is 1. The molecular weight excluding hydrogens is 356 g/mol. The van der Waals surface area contributed by atoms with Gasteiger partial charge in [0.15, 0.2) is 11.5 Å². The smallest absolute Gasteiger partial charge is 0.387 e. The molecule has 6 nitrogen and oxygen atoms in total. The van der Waals surface area contributed by atoms with Gasteiger partial charge in [0.2, 0.25) is 5.75 Å². The molecular formula is C19H15F2N3O3. The molecule has 27 heavy (non-hydrogen) atoms. The lowest BCUT2D eigenvalue weighted by Crippen LogP contribution is -2.05. The van der Waals surface area contributed by atoms with Crippen LogP contribution < -0.4 is 14.2 Å². The van der Waals surface area contributed by atoms with Gasteiger partial charge in [0.1, 0.15) is 11.9 Å². The topological polar surface area (TPSA) is 80.2 Å². The molecule has 0 atom stereocenters. The number of aromatic nitrogens is 2. The highest BCUT2D eigenvalue weighted by atomic mass is 19.3. The number of alkyl halides is 2. The standard InChI is InChI=1S/C19H15F2N3O3/c1-25-15-8-11(9-16(26-2)17(15)27-19(20)21)7-12(10-22)18-23-13-5-3-4-6-14(13)24-18/h3-9,19H,1-2H3,(H,23,24). The van der Waals surface area contributed by atoms with Gasteiger partial charge in [0.25, 0.3) is 0 Å². The van der Waals surface area contributed by atoms with E-state index in [-0.39, 0.29) is 22.8 Å². The number of ether oxygens (including phenoxy) is 3. The van der Waals surface area contributed by atoms with Crippen LogP contribution in [0, 0.1) is 11.3 Å². The zero-order chi connectivity index (χ0) is 19.4. The summed E-state index contributed by atoms with van der Waals surface area (Å²) in [5, 5.41) is 9.53. The summed E-state index contributed by atoms with van der Waals surface area (Å²) in [6.45, 7) is -3.03. The molecule has 0 amide bonds. The Balaban J connectivity index is 2.07. The average molecular weight is 371 g/mol. The first-order chi connectivity index (χ1) is 13.0. The number of imidazole rings is 1. The Morgan fingerprint density at radius 2 is 1.85 bits per heavy atom. The minimum Gasteiger partial charge on any atom is -0.493 e. The fourth-order valence-electron chi connectivity index (χ4n) is 2.59. The summed E-state index contributed by atoms with van der Waals surface area (Å²) in [7, 11) is 2.65. The molecule has 0 radical (unpaired) electrons. The van der Waals surface area contributed by atoms with Gasteiger partial charge < -0.3 is 19.2 Å². The van der Waals surface area contributed by atoms with E-state index in [1.54, 1.807) is 6.08 Å². The molecule has 0 unspecified atom stereocenters. The summed E-state index contributed by atoms with van der Waals surface area (Å²) in [4.78, 5) is 7.46. The van der Waals surface area contributed by atoms with Crippen LogP contribution in [0.15, 0.2) is 36.4 Å². The maximum Gasteiger partial charge on any atom is 0.387 e. The van der Waals surface area contributed by atoms with Gasteiger partial charge >= 0.3 is 6.61 Å². The lowest BCUT2D eigenvalue weighted by molar-refractivity contribution is -0.0526. The van der Waals surface area contributed by atoms with Crippen molar-refractivity contribution in [3.8, 4) is 23.3 Å². The predicted octanol–water partition coefficient (Wildman–Crippen LogP) is 4.25. The number of hydrogen-bond donors (Lipinski definition) is 1. The number of para-hydroxylation sites is 2. The van der Waals surface area contributed by atoms with E-state index in [0.717, 1.165) is 11.0 Å². The zero-order valence-corrected chi connectivity index (χ0v) is 14.5. The van der Waals surface area contributed by atoms with Gasteiger partial charge in [0, 0.05) is 0 Å². The van der Waals surface area contributed by atoms with E-state index in [0.29, 0.717) is 11.4 Å². The monoisotopic (exact) mass is 371 g/mol. The van der Waals surface area contributed by atoms with Gasteiger partial charge in [-0.1, -0.05) is 12.1 Å². The summed E-state index contributed by atoms with van der Waals surface area (Å²) in [6, 6.07) is 12.4. The molecule has 0 aliphatic carbocycles. The highest BCUT2D eigenvalue weighted by molar-refractivity contribution is 5.90. The van der Waals surface area contributed by atoms with Crippen molar-refractivity contribution in [2.45, 2.75) is 6.61 Å². The third kappa shape index (κ3) is 3.82. The molecule has 1 aromatic heterocycles. The van der Waals surface area contributed by atoms with Crippen molar-refractivity contribution in [2.75, 3.05) is 14.2 Å². The van der Waals surface area contributed by atoms with Crippen LogP contribution in [-0.2, 0) is 0 Å². The van der Waals surface area contributed by atoms with Crippen LogP contribution in [0.4, 0.5) is 8.78 Å². The Kier molecular flexibility index (Phi) is 5.22. The summed E-state index contributed by atoms with van der Waals surface area (Å²) in [6.07, 6.45) is 1.55.